The van der Waals surface area contributed by atoms with E-state index in [0.717, 1.165) is 17.0 Å². The monoisotopic (exact) mass is 443 g/mol. The van der Waals surface area contributed by atoms with E-state index < -0.39 is 5.97 Å². The zero-order valence-electron chi connectivity index (χ0n) is 17.1. The second-order valence-corrected chi connectivity index (χ2v) is 7.28. The summed E-state index contributed by atoms with van der Waals surface area (Å²) in [7, 11) is 1.50. The van der Waals surface area contributed by atoms with E-state index in [1.54, 1.807) is 38.1 Å². The first-order valence-corrected chi connectivity index (χ1v) is 10.2. The van der Waals surface area contributed by atoms with Gasteiger partial charge in [0.2, 0.25) is 5.91 Å². The lowest BCUT2D eigenvalue weighted by Crippen LogP contribution is -2.22. The third kappa shape index (κ3) is 5.04. The van der Waals surface area contributed by atoms with Gasteiger partial charge >= 0.3 is 5.97 Å². The minimum absolute atomic E-state index is 0.0429. The van der Waals surface area contributed by atoms with Gasteiger partial charge in [0.1, 0.15) is 11.3 Å². The molecule has 0 saturated carbocycles. The average molecular weight is 443 g/mol. The van der Waals surface area contributed by atoms with Gasteiger partial charge in [-0.15, -0.1) is 16.4 Å². The molecule has 3 aromatic rings. The van der Waals surface area contributed by atoms with Crippen molar-refractivity contribution in [3.8, 4) is 5.69 Å². The van der Waals surface area contributed by atoms with Gasteiger partial charge in [-0.2, -0.15) is 0 Å². The second kappa shape index (κ2) is 9.80. The van der Waals surface area contributed by atoms with Crippen LogP contribution < -0.4 is 16.0 Å². The van der Waals surface area contributed by atoms with Crippen LogP contribution in [0.1, 0.15) is 32.5 Å². The molecule has 0 radical (unpaired) electrons. The lowest BCUT2D eigenvalue weighted by atomic mass is 10.1. The number of nitrogens with one attached hydrogen (secondary N) is 3. The smallest absolute Gasteiger partial charge is 0.341 e. The fourth-order valence-electron chi connectivity index (χ4n) is 2.75. The summed E-state index contributed by atoms with van der Waals surface area (Å²) in [5.41, 5.74) is 2.13. The minimum atomic E-state index is -0.590. The molecule has 3 rings (SSSR count). The molecule has 2 heterocycles. The Morgan fingerprint density at radius 3 is 2.55 bits per heavy atom. The lowest BCUT2D eigenvalue weighted by Gasteiger charge is -2.09. The number of nitrogens with zero attached hydrogens (tertiary/aromatic N) is 4. The first-order valence-electron chi connectivity index (χ1n) is 9.34. The maximum Gasteiger partial charge on any atom is 0.341 e. The van der Waals surface area contributed by atoms with E-state index in [2.05, 4.69) is 31.5 Å². The van der Waals surface area contributed by atoms with Crippen LogP contribution in [0, 0.1) is 6.92 Å². The maximum atomic E-state index is 12.5. The van der Waals surface area contributed by atoms with Crippen molar-refractivity contribution in [1.29, 1.82) is 0 Å². The number of carbonyl (C=O) groups excluding carboxylic acids is 3. The number of carbonyl (C=O) groups is 3. The summed E-state index contributed by atoms with van der Waals surface area (Å²) >= 11 is 1.03. The van der Waals surface area contributed by atoms with Crippen LogP contribution in [0.5, 0.6) is 0 Å². The molecule has 0 fully saturated rings. The van der Waals surface area contributed by atoms with Gasteiger partial charge in [0, 0.05) is 12.7 Å². The summed E-state index contributed by atoms with van der Waals surface area (Å²) in [4.78, 5) is 37.3. The van der Waals surface area contributed by atoms with E-state index in [1.165, 1.54) is 18.1 Å². The molecule has 162 valence electrons. The Morgan fingerprint density at radius 2 is 1.94 bits per heavy atom. The van der Waals surface area contributed by atoms with E-state index in [4.69, 9.17) is 4.74 Å². The van der Waals surface area contributed by atoms with Gasteiger partial charge in [0.15, 0.2) is 0 Å². The van der Waals surface area contributed by atoms with Gasteiger partial charge in [0.05, 0.1) is 29.3 Å². The highest BCUT2D eigenvalue weighted by Gasteiger charge is 2.26. The predicted molar refractivity (Wildman–Crippen MR) is 115 cm³/mol. The van der Waals surface area contributed by atoms with Crippen molar-refractivity contribution in [1.82, 2.24) is 25.5 Å². The topological polar surface area (TPSA) is 140 Å². The lowest BCUT2D eigenvalue weighted by molar-refractivity contribution is -0.114. The molecule has 0 aliphatic carbocycles. The summed E-state index contributed by atoms with van der Waals surface area (Å²) in [6.07, 6.45) is 1.48. The van der Waals surface area contributed by atoms with E-state index in [0.29, 0.717) is 16.1 Å². The van der Waals surface area contributed by atoms with Gasteiger partial charge in [-0.25, -0.2) is 9.48 Å². The number of benzene rings is 1. The number of rotatable bonds is 8. The molecule has 0 atom stereocenters. The molecule has 31 heavy (non-hydrogen) atoms. The van der Waals surface area contributed by atoms with Crippen molar-refractivity contribution in [2.75, 3.05) is 30.8 Å². The Bertz CT molecular complexity index is 1080. The minimum Gasteiger partial charge on any atom is -0.462 e. The van der Waals surface area contributed by atoms with Crippen LogP contribution in [0.4, 0.5) is 10.7 Å². The van der Waals surface area contributed by atoms with Gasteiger partial charge in [-0.3, -0.25) is 9.59 Å². The summed E-state index contributed by atoms with van der Waals surface area (Å²) in [5, 5.41) is 19.5. The van der Waals surface area contributed by atoms with Crippen LogP contribution in [0.2, 0.25) is 0 Å². The van der Waals surface area contributed by atoms with Gasteiger partial charge < -0.3 is 20.7 Å². The molecule has 3 N–H and O–H groups in total. The number of hydrogen-bond acceptors (Lipinski definition) is 9. The summed E-state index contributed by atoms with van der Waals surface area (Å²) < 4.78 is 6.59. The Kier molecular flexibility index (Phi) is 6.92. The summed E-state index contributed by atoms with van der Waals surface area (Å²) in [6, 6.07) is 7.17. The Morgan fingerprint density at radius 1 is 1.19 bits per heavy atom. The highest BCUT2D eigenvalue weighted by atomic mass is 32.1. The zero-order valence-corrected chi connectivity index (χ0v) is 17.9. The number of amides is 2. The predicted octanol–water partition coefficient (Wildman–Crippen LogP) is 1.62. The fraction of sp³-hybridized carbons (Fsp3) is 0.263. The SMILES string of the molecule is CCOC(=O)c1c(NC(=O)CNc2ccc(-n3cnnn3)cc2)sc(C(=O)NC)c1C. The maximum absolute atomic E-state index is 12.5. The number of anilines is 2. The van der Waals surface area contributed by atoms with Gasteiger partial charge in [-0.05, 0) is 54.1 Å². The van der Waals surface area contributed by atoms with Crippen molar-refractivity contribution in [2.24, 2.45) is 0 Å². The first kappa shape index (κ1) is 21.9. The van der Waals surface area contributed by atoms with E-state index in [9.17, 15) is 14.4 Å². The molecule has 0 bridgehead atoms. The summed E-state index contributed by atoms with van der Waals surface area (Å²) in [5.74, 6) is -1.30. The van der Waals surface area contributed by atoms with Gasteiger partial charge in [-0.1, -0.05) is 0 Å². The number of tetrazole rings is 1. The number of esters is 1. The Hall–Kier alpha value is -3.80. The van der Waals surface area contributed by atoms with Crippen molar-refractivity contribution in [3.05, 3.63) is 46.6 Å². The van der Waals surface area contributed by atoms with Crippen LogP contribution in [-0.4, -0.2) is 58.2 Å². The molecule has 2 amide bonds. The average Bonchev–Trinajstić information content (AvgIpc) is 3.41. The molecule has 12 heteroatoms. The van der Waals surface area contributed by atoms with Crippen molar-refractivity contribution < 1.29 is 19.1 Å². The number of ether oxygens (including phenoxy) is 1. The summed E-state index contributed by atoms with van der Waals surface area (Å²) in [6.45, 7) is 3.47. The number of aromatic nitrogens is 4. The first-order chi connectivity index (χ1) is 14.9. The molecule has 0 aliphatic rings. The normalized spacial score (nSPS) is 10.4. The standard InChI is InChI=1S/C19H21N7O4S/c1-4-30-19(29)15-11(2)16(17(28)20-3)31-18(15)23-14(27)9-21-12-5-7-13(8-6-12)26-10-22-24-25-26/h5-8,10,21H,4,9H2,1-3H3,(H,20,28)(H,23,27). The molecule has 2 aromatic heterocycles. The van der Waals surface area contributed by atoms with Crippen LogP contribution in [0.15, 0.2) is 30.6 Å². The molecule has 0 saturated heterocycles. The Balaban J connectivity index is 1.69. The van der Waals surface area contributed by atoms with Crippen LogP contribution >= 0.6 is 11.3 Å². The molecule has 0 unspecified atom stereocenters. The van der Waals surface area contributed by atoms with Crippen molar-refractivity contribution in [2.45, 2.75) is 13.8 Å². The number of hydrogen-bond donors (Lipinski definition) is 3. The molecule has 0 spiro atoms. The molecular formula is C19H21N7O4S. The number of thiophene rings is 1. The van der Waals surface area contributed by atoms with Crippen LogP contribution in [0.25, 0.3) is 5.69 Å². The molecular weight excluding hydrogens is 422 g/mol. The highest BCUT2D eigenvalue weighted by molar-refractivity contribution is 7.18. The fourth-order valence-corrected chi connectivity index (χ4v) is 3.90. The highest BCUT2D eigenvalue weighted by Crippen LogP contribution is 2.33. The third-order valence-corrected chi connectivity index (χ3v) is 5.45. The molecule has 1 aromatic carbocycles. The largest absolute Gasteiger partial charge is 0.462 e. The van der Waals surface area contributed by atoms with E-state index >= 15 is 0 Å². The van der Waals surface area contributed by atoms with Crippen molar-refractivity contribution in [3.63, 3.8) is 0 Å². The Labute approximate surface area is 181 Å². The second-order valence-electron chi connectivity index (χ2n) is 6.26. The van der Waals surface area contributed by atoms with Gasteiger partial charge in [0.25, 0.3) is 5.91 Å². The molecule has 11 nitrogen and oxygen atoms in total. The van der Waals surface area contributed by atoms with Crippen molar-refractivity contribution >= 4 is 39.8 Å². The van der Waals surface area contributed by atoms with E-state index in [-0.39, 0.29) is 35.5 Å². The quantitative estimate of drug-likeness (QED) is 0.446. The molecule has 0 aliphatic heterocycles. The third-order valence-electron chi connectivity index (χ3n) is 4.25. The van der Waals surface area contributed by atoms with Crippen LogP contribution in [-0.2, 0) is 9.53 Å². The van der Waals surface area contributed by atoms with Crippen LogP contribution in [0.3, 0.4) is 0 Å². The van der Waals surface area contributed by atoms with E-state index in [1.807, 2.05) is 0 Å². The zero-order chi connectivity index (χ0) is 22.4.